The van der Waals surface area contributed by atoms with E-state index in [1.165, 1.54) is 0 Å². The molecule has 0 bridgehead atoms. The minimum atomic E-state index is -0.419. The highest BCUT2D eigenvalue weighted by molar-refractivity contribution is 7.25. The molecule has 0 spiro atoms. The van der Waals surface area contributed by atoms with Crippen LogP contribution in [0.25, 0.3) is 97.4 Å². The van der Waals surface area contributed by atoms with Crippen molar-refractivity contribution in [2.45, 2.75) is 0 Å². The fraction of sp³-hybridized carbons (Fsp3) is 0. The van der Waals surface area contributed by atoms with Gasteiger partial charge in [-0.3, -0.25) is 0 Å². The topological polar surface area (TPSA) is 9.86 Å². The lowest BCUT2D eigenvalue weighted by molar-refractivity contribution is 1.16. The van der Waals surface area contributed by atoms with Crippen molar-refractivity contribution in [1.82, 2.24) is 9.13 Å². The van der Waals surface area contributed by atoms with Crippen LogP contribution in [0.15, 0.2) is 182 Å². The monoisotopic (exact) mass is 675 g/mol. The smallest absolute Gasteiger partial charge is 0.0645 e. The highest BCUT2D eigenvalue weighted by Crippen LogP contribution is 2.43. The third-order valence-corrected chi connectivity index (χ3v) is 11.1. The van der Waals surface area contributed by atoms with E-state index in [9.17, 15) is 0 Å². The Kier molecular flexibility index (Phi) is 4.54. The molecular weight excluding hydrogens is 637 g/mol. The number of benzene rings is 8. The van der Waals surface area contributed by atoms with E-state index in [-0.39, 0.29) is 53.9 Å². The van der Waals surface area contributed by atoms with Gasteiger partial charge in [0.15, 0.2) is 0 Å². The molecule has 2 nitrogen and oxygen atoms in total. The molecule has 3 aromatic heterocycles. The lowest BCUT2D eigenvalue weighted by Gasteiger charge is -2.13. The minimum absolute atomic E-state index is 0.0627. The van der Waals surface area contributed by atoms with Gasteiger partial charge in [-0.2, -0.15) is 0 Å². The van der Waals surface area contributed by atoms with Crippen molar-refractivity contribution in [3.05, 3.63) is 182 Å². The van der Waals surface area contributed by atoms with Crippen molar-refractivity contribution >= 4 is 75.1 Å². The van der Waals surface area contributed by atoms with E-state index >= 15 is 0 Å². The average molecular weight is 676 g/mol. The van der Waals surface area contributed by atoms with E-state index in [4.69, 9.17) is 12.3 Å². The Morgan fingerprint density at radius 3 is 1.94 bits per heavy atom. The molecule has 51 heavy (non-hydrogen) atoms. The quantitative estimate of drug-likeness (QED) is 0.176. The maximum absolute atomic E-state index is 9.05. The Hall–Kier alpha value is -6.42. The number of aromatic nitrogens is 2. The zero-order chi connectivity index (χ0) is 41.3. The number of hydrogen-bond acceptors (Lipinski definition) is 1. The van der Waals surface area contributed by atoms with Crippen LogP contribution in [0.1, 0.15) is 12.3 Å². The van der Waals surface area contributed by atoms with Crippen LogP contribution in [0.3, 0.4) is 0 Å². The van der Waals surface area contributed by atoms with Crippen LogP contribution >= 0.6 is 11.3 Å². The summed E-state index contributed by atoms with van der Waals surface area (Å²) in [6.45, 7) is 0. The van der Waals surface area contributed by atoms with Gasteiger partial charge in [0.05, 0.1) is 40.1 Å². The first kappa shape index (κ1) is 20.9. The third kappa shape index (κ3) is 4.29. The maximum atomic E-state index is 9.05. The number of para-hydroxylation sites is 3. The molecule has 0 aliphatic rings. The van der Waals surface area contributed by atoms with Gasteiger partial charge in [-0.15, -0.1) is 11.3 Å². The van der Waals surface area contributed by atoms with Gasteiger partial charge in [-0.1, -0.05) is 121 Å². The van der Waals surface area contributed by atoms with Crippen molar-refractivity contribution in [1.29, 1.82) is 0 Å². The summed E-state index contributed by atoms with van der Waals surface area (Å²) < 4.78 is 83.1. The first-order valence-electron chi connectivity index (χ1n) is 21.2. The highest BCUT2D eigenvalue weighted by Gasteiger charge is 2.19. The maximum Gasteiger partial charge on any atom is 0.0645 e. The van der Waals surface area contributed by atoms with Crippen LogP contribution in [0.2, 0.25) is 0 Å². The van der Waals surface area contributed by atoms with Crippen LogP contribution in [-0.2, 0) is 0 Å². The summed E-state index contributed by atoms with van der Waals surface area (Å²) in [5.74, 6) is 0. The minimum Gasteiger partial charge on any atom is -0.309 e. The SMILES string of the molecule is [2H]c1c([2H])c([2H])c(-c2cccc(-c3ccc4sc5cccc(-n6c7ccccc7c7ccc(-n8c9ccccc9c9c([2H])c([2H])c([2H])c([2H])c98)cc76)c5c4c3)c2)c([2H])c1[2H]. The van der Waals surface area contributed by atoms with Gasteiger partial charge in [0.25, 0.3) is 0 Å². The lowest BCUT2D eigenvalue weighted by Crippen LogP contribution is -1.97. The molecule has 238 valence electrons. The Morgan fingerprint density at radius 2 is 1.08 bits per heavy atom. The second-order valence-corrected chi connectivity index (χ2v) is 13.8. The van der Waals surface area contributed by atoms with Gasteiger partial charge in [0, 0.05) is 47.4 Å². The number of fused-ring (bicyclic) bond motifs is 9. The summed E-state index contributed by atoms with van der Waals surface area (Å²) in [6.07, 6.45) is 0. The molecule has 3 heterocycles. The van der Waals surface area contributed by atoms with E-state index < -0.39 is 6.04 Å². The summed E-state index contributed by atoms with van der Waals surface area (Å²) in [7, 11) is 0. The van der Waals surface area contributed by atoms with E-state index in [1.807, 2.05) is 65.2 Å². The zero-order valence-corrected chi connectivity index (χ0v) is 27.7. The number of nitrogens with zero attached hydrogens (tertiary/aromatic N) is 2. The Morgan fingerprint density at radius 1 is 0.392 bits per heavy atom. The molecule has 0 fully saturated rings. The van der Waals surface area contributed by atoms with Crippen molar-refractivity contribution in [3.63, 3.8) is 0 Å². The van der Waals surface area contributed by atoms with Crippen LogP contribution in [-0.4, -0.2) is 9.13 Å². The number of rotatable bonds is 4. The average Bonchev–Trinajstić information content (AvgIpc) is 3.94. The molecule has 0 atom stereocenters. The summed E-state index contributed by atoms with van der Waals surface area (Å²) in [5, 5.41) is 5.48. The van der Waals surface area contributed by atoms with Crippen LogP contribution < -0.4 is 0 Å². The third-order valence-electron chi connectivity index (χ3n) is 9.92. The second kappa shape index (κ2) is 11.0. The molecule has 0 saturated carbocycles. The predicted molar refractivity (Wildman–Crippen MR) is 219 cm³/mol. The highest BCUT2D eigenvalue weighted by atomic mass is 32.1. The van der Waals surface area contributed by atoms with E-state index in [0.717, 1.165) is 75.4 Å². The molecule has 8 aromatic carbocycles. The van der Waals surface area contributed by atoms with E-state index in [1.54, 1.807) is 17.4 Å². The van der Waals surface area contributed by atoms with Crippen LogP contribution in [0.5, 0.6) is 0 Å². The Balaban J connectivity index is 1.15. The van der Waals surface area contributed by atoms with Gasteiger partial charge in [0.2, 0.25) is 0 Å². The molecule has 0 aliphatic carbocycles. The Bertz CT molecular complexity index is 3650. The largest absolute Gasteiger partial charge is 0.309 e. The van der Waals surface area contributed by atoms with Crippen molar-refractivity contribution in [2.24, 2.45) is 0 Å². The van der Waals surface area contributed by atoms with Crippen LogP contribution in [0, 0.1) is 0 Å². The molecular formula is C48H30N2S. The first-order valence-corrected chi connectivity index (χ1v) is 17.5. The molecule has 11 rings (SSSR count). The molecule has 0 amide bonds. The second-order valence-electron chi connectivity index (χ2n) is 12.7. The number of hydrogen-bond donors (Lipinski definition) is 0. The zero-order valence-electron chi connectivity index (χ0n) is 35.9. The van der Waals surface area contributed by atoms with Gasteiger partial charge >= 0.3 is 0 Å². The van der Waals surface area contributed by atoms with Crippen molar-refractivity contribution in [2.75, 3.05) is 0 Å². The molecule has 3 heteroatoms. The Labute approximate surface area is 311 Å². The summed E-state index contributed by atoms with van der Waals surface area (Å²) in [4.78, 5) is 0. The standard InChI is InChI=1S/C48H30N2S/c1-2-12-31(13-3-1)32-14-10-15-33(28-32)34-24-27-46-40(29-34)48-44(22-11-23-47(48)51-46)50-43-21-9-6-18-38(43)39-26-25-35(30-45(39)50)49-41-19-7-4-16-36(41)37-17-5-8-20-42(37)49/h1-30H/i1D,2D,3D,4D,7D,12D,13D,16D,19D. The lowest BCUT2D eigenvalue weighted by atomic mass is 9.98. The molecule has 0 unspecified atom stereocenters. The van der Waals surface area contributed by atoms with Gasteiger partial charge in [-0.25, -0.2) is 0 Å². The fourth-order valence-corrected chi connectivity index (χ4v) is 8.82. The molecule has 0 saturated heterocycles. The van der Waals surface area contributed by atoms with Gasteiger partial charge < -0.3 is 9.13 Å². The predicted octanol–water partition coefficient (Wildman–Crippen LogP) is 13.6. The van der Waals surface area contributed by atoms with Crippen molar-refractivity contribution in [3.8, 4) is 33.6 Å². The van der Waals surface area contributed by atoms with Crippen molar-refractivity contribution < 1.29 is 12.3 Å². The summed E-state index contributed by atoms with van der Waals surface area (Å²) in [5.41, 5.74) is 7.41. The van der Waals surface area contributed by atoms with Crippen LogP contribution in [0.4, 0.5) is 0 Å². The first-order chi connectivity index (χ1) is 29.0. The molecule has 0 radical (unpaired) electrons. The van der Waals surface area contributed by atoms with Gasteiger partial charge in [0.1, 0.15) is 0 Å². The van der Waals surface area contributed by atoms with E-state index in [2.05, 4.69) is 65.2 Å². The number of thiophene rings is 1. The van der Waals surface area contributed by atoms with Gasteiger partial charge in [-0.05, 0) is 82.9 Å². The molecule has 11 aromatic rings. The van der Waals surface area contributed by atoms with E-state index in [0.29, 0.717) is 16.5 Å². The molecule has 0 N–H and O–H groups in total. The normalized spacial score (nSPS) is 14.4. The molecule has 0 aliphatic heterocycles. The fourth-order valence-electron chi connectivity index (χ4n) is 7.72. The summed E-state index contributed by atoms with van der Waals surface area (Å²) >= 11 is 1.71. The summed E-state index contributed by atoms with van der Waals surface area (Å²) in [6, 6.07) is 40.1.